The molecule has 0 radical (unpaired) electrons. The number of likely N-dealkylation sites (tertiary alicyclic amines) is 1. The topological polar surface area (TPSA) is 57.7 Å². The highest BCUT2D eigenvalue weighted by molar-refractivity contribution is 5.54. The number of imidazole rings is 1. The summed E-state index contributed by atoms with van der Waals surface area (Å²) in [6, 6.07) is 14.2. The molecule has 1 aliphatic heterocycles. The normalized spacial score (nSPS) is 17.4. The Morgan fingerprint density at radius 3 is 2.96 bits per heavy atom. The molecule has 1 aromatic carbocycles. The van der Waals surface area contributed by atoms with Crippen molar-refractivity contribution in [3.8, 4) is 17.5 Å². The van der Waals surface area contributed by atoms with Gasteiger partial charge in [0.1, 0.15) is 5.82 Å². The van der Waals surface area contributed by atoms with Crippen LogP contribution in [0.15, 0.2) is 55.0 Å². The first-order valence-electron chi connectivity index (χ1n) is 9.87. The summed E-state index contributed by atoms with van der Waals surface area (Å²) in [6.45, 7) is 6.20. The third kappa shape index (κ3) is 4.13. The van der Waals surface area contributed by atoms with Crippen molar-refractivity contribution in [3.05, 3.63) is 71.8 Å². The van der Waals surface area contributed by atoms with Crippen molar-refractivity contribution in [2.45, 2.75) is 32.9 Å². The van der Waals surface area contributed by atoms with E-state index in [2.05, 4.69) is 44.6 Å². The van der Waals surface area contributed by atoms with E-state index in [0.717, 1.165) is 43.1 Å². The zero-order chi connectivity index (χ0) is 19.3. The van der Waals surface area contributed by atoms with Gasteiger partial charge in [0.15, 0.2) is 0 Å². The minimum Gasteiger partial charge on any atom is -0.328 e. The monoisotopic (exact) mass is 371 g/mol. The van der Waals surface area contributed by atoms with Gasteiger partial charge in [-0.25, -0.2) is 4.98 Å². The summed E-state index contributed by atoms with van der Waals surface area (Å²) in [4.78, 5) is 11.4. The summed E-state index contributed by atoms with van der Waals surface area (Å²) in [5.41, 5.74) is 4.21. The molecule has 1 aliphatic rings. The van der Waals surface area contributed by atoms with Gasteiger partial charge in [0.2, 0.25) is 0 Å². The largest absolute Gasteiger partial charge is 0.328 e. The smallest absolute Gasteiger partial charge is 0.141 e. The number of benzene rings is 1. The van der Waals surface area contributed by atoms with E-state index in [-0.39, 0.29) is 0 Å². The minimum absolute atomic E-state index is 0.594. The first kappa shape index (κ1) is 18.4. The lowest BCUT2D eigenvalue weighted by molar-refractivity contribution is 0.156. The van der Waals surface area contributed by atoms with Gasteiger partial charge in [0, 0.05) is 49.5 Å². The highest BCUT2D eigenvalue weighted by Gasteiger charge is 2.22. The molecule has 4 rings (SSSR count). The second-order valence-electron chi connectivity index (χ2n) is 7.63. The van der Waals surface area contributed by atoms with Crippen LogP contribution in [0.3, 0.4) is 0 Å². The van der Waals surface area contributed by atoms with E-state index in [4.69, 9.17) is 5.26 Å². The van der Waals surface area contributed by atoms with Gasteiger partial charge in [-0.2, -0.15) is 5.26 Å². The fraction of sp³-hybridized carbons (Fsp3) is 0.348. The maximum Gasteiger partial charge on any atom is 0.141 e. The van der Waals surface area contributed by atoms with Gasteiger partial charge in [0.05, 0.1) is 11.6 Å². The number of nitriles is 1. The van der Waals surface area contributed by atoms with Crippen molar-refractivity contribution in [2.24, 2.45) is 5.92 Å². The summed E-state index contributed by atoms with van der Waals surface area (Å²) >= 11 is 0. The van der Waals surface area contributed by atoms with Crippen LogP contribution in [0.2, 0.25) is 0 Å². The molecule has 0 aliphatic carbocycles. The Morgan fingerprint density at radius 1 is 1.21 bits per heavy atom. The van der Waals surface area contributed by atoms with Crippen LogP contribution in [0.5, 0.6) is 0 Å². The number of nitrogens with zero attached hydrogens (tertiary/aromatic N) is 5. The van der Waals surface area contributed by atoms with E-state index in [0.29, 0.717) is 5.92 Å². The van der Waals surface area contributed by atoms with Crippen LogP contribution < -0.4 is 0 Å². The van der Waals surface area contributed by atoms with E-state index in [9.17, 15) is 0 Å². The number of hydrogen-bond donors (Lipinski definition) is 0. The SMILES string of the molecule is Cc1cnc(-c2cccnc2)n1CC1CCCN(Cc2cccc(C#N)c2)C1. The van der Waals surface area contributed by atoms with Crippen molar-refractivity contribution in [1.82, 2.24) is 19.4 Å². The van der Waals surface area contributed by atoms with Crippen LogP contribution in [-0.2, 0) is 13.1 Å². The molecule has 1 atom stereocenters. The number of aryl methyl sites for hydroxylation is 1. The zero-order valence-corrected chi connectivity index (χ0v) is 16.3. The average Bonchev–Trinajstić information content (AvgIpc) is 3.09. The molecular weight excluding hydrogens is 346 g/mol. The van der Waals surface area contributed by atoms with E-state index >= 15 is 0 Å². The Bertz CT molecular complexity index is 970. The van der Waals surface area contributed by atoms with Gasteiger partial charge in [-0.15, -0.1) is 0 Å². The van der Waals surface area contributed by atoms with Crippen LogP contribution in [-0.4, -0.2) is 32.5 Å². The lowest BCUT2D eigenvalue weighted by atomic mass is 9.97. The summed E-state index contributed by atoms with van der Waals surface area (Å²) in [7, 11) is 0. The number of piperidine rings is 1. The first-order valence-corrected chi connectivity index (χ1v) is 9.87. The standard InChI is InChI=1S/C23H25N5/c1-18-13-26-23(22-8-3-9-25-14-22)28(18)17-21-7-4-10-27(16-21)15-20-6-2-5-19(11-20)12-24/h2-3,5-6,8-9,11,13-14,21H,4,7,10,15-17H2,1H3. The molecular formula is C23H25N5. The number of hydrogen-bond acceptors (Lipinski definition) is 4. The van der Waals surface area contributed by atoms with Gasteiger partial charge < -0.3 is 4.57 Å². The molecule has 0 saturated carbocycles. The highest BCUT2D eigenvalue weighted by atomic mass is 15.1. The molecule has 1 unspecified atom stereocenters. The predicted molar refractivity (Wildman–Crippen MR) is 109 cm³/mol. The Hall–Kier alpha value is -2.97. The lowest BCUT2D eigenvalue weighted by Gasteiger charge is -2.33. The van der Waals surface area contributed by atoms with Crippen molar-refractivity contribution < 1.29 is 0 Å². The second-order valence-corrected chi connectivity index (χ2v) is 7.63. The van der Waals surface area contributed by atoms with Crippen LogP contribution in [0.4, 0.5) is 0 Å². The van der Waals surface area contributed by atoms with Crippen molar-refractivity contribution in [3.63, 3.8) is 0 Å². The fourth-order valence-corrected chi connectivity index (χ4v) is 4.12. The molecule has 0 amide bonds. The molecule has 0 spiro atoms. The fourth-order valence-electron chi connectivity index (χ4n) is 4.12. The van der Waals surface area contributed by atoms with Gasteiger partial charge in [-0.05, 0) is 62.1 Å². The summed E-state index contributed by atoms with van der Waals surface area (Å²) < 4.78 is 2.33. The number of rotatable bonds is 5. The molecule has 5 heteroatoms. The van der Waals surface area contributed by atoms with E-state index < -0.39 is 0 Å². The average molecular weight is 371 g/mol. The highest BCUT2D eigenvalue weighted by Crippen LogP contribution is 2.25. The van der Waals surface area contributed by atoms with Gasteiger partial charge in [0.25, 0.3) is 0 Å². The van der Waals surface area contributed by atoms with Gasteiger partial charge in [-0.3, -0.25) is 9.88 Å². The molecule has 28 heavy (non-hydrogen) atoms. The molecule has 5 nitrogen and oxygen atoms in total. The lowest BCUT2D eigenvalue weighted by Crippen LogP contribution is -2.36. The Balaban J connectivity index is 1.46. The Labute approximate surface area is 166 Å². The maximum absolute atomic E-state index is 9.12. The van der Waals surface area contributed by atoms with E-state index in [1.165, 1.54) is 24.1 Å². The van der Waals surface area contributed by atoms with E-state index in [1.54, 1.807) is 6.20 Å². The molecule has 3 heterocycles. The second kappa shape index (κ2) is 8.37. The summed E-state index contributed by atoms with van der Waals surface area (Å²) in [6.07, 6.45) is 8.07. The third-order valence-corrected chi connectivity index (χ3v) is 5.48. The number of pyridine rings is 1. The molecule has 3 aromatic rings. The quantitative estimate of drug-likeness (QED) is 0.679. The van der Waals surface area contributed by atoms with Gasteiger partial charge in [-0.1, -0.05) is 12.1 Å². The molecule has 2 aromatic heterocycles. The predicted octanol–water partition coefficient (Wildman–Crippen LogP) is 4.04. The zero-order valence-electron chi connectivity index (χ0n) is 16.3. The van der Waals surface area contributed by atoms with Gasteiger partial charge >= 0.3 is 0 Å². The number of aromatic nitrogens is 3. The van der Waals surface area contributed by atoms with E-state index in [1.807, 2.05) is 36.7 Å². The first-order chi connectivity index (χ1) is 13.7. The van der Waals surface area contributed by atoms with Crippen molar-refractivity contribution in [2.75, 3.05) is 13.1 Å². The molecule has 1 saturated heterocycles. The molecule has 0 bridgehead atoms. The van der Waals surface area contributed by atoms with Crippen molar-refractivity contribution in [1.29, 1.82) is 5.26 Å². The Kier molecular flexibility index (Phi) is 5.50. The molecule has 142 valence electrons. The summed E-state index contributed by atoms with van der Waals surface area (Å²) in [5, 5.41) is 9.12. The van der Waals surface area contributed by atoms with Crippen LogP contribution >= 0.6 is 0 Å². The summed E-state index contributed by atoms with van der Waals surface area (Å²) in [5.74, 6) is 1.60. The van der Waals surface area contributed by atoms with Crippen molar-refractivity contribution >= 4 is 0 Å². The maximum atomic E-state index is 9.12. The third-order valence-electron chi connectivity index (χ3n) is 5.48. The van der Waals surface area contributed by atoms with Crippen LogP contribution in [0.1, 0.15) is 29.7 Å². The Morgan fingerprint density at radius 2 is 2.14 bits per heavy atom. The molecule has 0 N–H and O–H groups in total. The van der Waals surface area contributed by atoms with Crippen LogP contribution in [0, 0.1) is 24.2 Å². The molecule has 1 fully saturated rings. The van der Waals surface area contributed by atoms with Crippen LogP contribution in [0.25, 0.3) is 11.4 Å². The minimum atomic E-state index is 0.594.